The number of hydrogen-bond donors (Lipinski definition) is 0. The topological polar surface area (TPSA) is 12.4 Å². The summed E-state index contributed by atoms with van der Waals surface area (Å²) in [4.78, 5) is 5.07. The minimum atomic E-state index is 0.186. The minimum Gasteiger partial charge on any atom is -0.289 e. The summed E-state index contributed by atoms with van der Waals surface area (Å²) in [5.74, 6) is 0.454. The van der Waals surface area contributed by atoms with Crippen molar-refractivity contribution in [1.29, 1.82) is 0 Å². The predicted molar refractivity (Wildman–Crippen MR) is 86.8 cm³/mol. The third-order valence-electron chi connectivity index (χ3n) is 5.39. The van der Waals surface area contributed by atoms with Gasteiger partial charge in [0.05, 0.1) is 6.04 Å². The molecule has 1 aliphatic rings. The van der Waals surface area contributed by atoms with E-state index in [0.717, 1.165) is 12.0 Å². The molecule has 1 heterocycles. The van der Waals surface area contributed by atoms with Crippen LogP contribution < -0.4 is 0 Å². The average Bonchev–Trinajstić information content (AvgIpc) is 2.45. The molecule has 1 aliphatic heterocycles. The fourth-order valence-corrected chi connectivity index (χ4v) is 3.17. The fourth-order valence-electron chi connectivity index (χ4n) is 3.17. The van der Waals surface area contributed by atoms with Crippen molar-refractivity contribution in [1.82, 2.24) is 0 Å². The lowest BCUT2D eigenvalue weighted by Gasteiger charge is -2.41. The van der Waals surface area contributed by atoms with Crippen molar-refractivity contribution in [2.45, 2.75) is 67.9 Å². The van der Waals surface area contributed by atoms with E-state index in [1.807, 2.05) is 0 Å². The van der Waals surface area contributed by atoms with Gasteiger partial charge in [-0.1, -0.05) is 65.3 Å². The van der Waals surface area contributed by atoms with Gasteiger partial charge in [0.15, 0.2) is 0 Å². The quantitative estimate of drug-likeness (QED) is 0.598. The third kappa shape index (κ3) is 2.70. The van der Waals surface area contributed by atoms with E-state index >= 15 is 0 Å². The summed E-state index contributed by atoms with van der Waals surface area (Å²) in [6.07, 6.45) is 3.40. The van der Waals surface area contributed by atoms with Crippen LogP contribution in [0, 0.1) is 16.7 Å². The summed E-state index contributed by atoms with van der Waals surface area (Å²) in [6.45, 7) is 22.2. The van der Waals surface area contributed by atoms with E-state index in [2.05, 4.69) is 68.0 Å². The zero-order valence-electron chi connectivity index (χ0n) is 14.1. The molecule has 0 fully saturated rings. The van der Waals surface area contributed by atoms with Crippen molar-refractivity contribution < 1.29 is 0 Å². The summed E-state index contributed by atoms with van der Waals surface area (Å²) in [5, 5.41) is 0. The molecule has 0 saturated carbocycles. The van der Waals surface area contributed by atoms with Gasteiger partial charge in [0.25, 0.3) is 0 Å². The molecule has 2 unspecified atom stereocenters. The van der Waals surface area contributed by atoms with Gasteiger partial charge in [0, 0.05) is 11.1 Å². The molecule has 1 nitrogen and oxygen atoms in total. The molecule has 0 aromatic carbocycles. The van der Waals surface area contributed by atoms with Crippen LogP contribution in [-0.2, 0) is 0 Å². The molecule has 0 radical (unpaired) electrons. The Kier molecular flexibility index (Phi) is 4.49. The lowest BCUT2D eigenvalue weighted by molar-refractivity contribution is 0.149. The van der Waals surface area contributed by atoms with Crippen molar-refractivity contribution in [3.63, 3.8) is 0 Å². The molecule has 0 spiro atoms. The van der Waals surface area contributed by atoms with Crippen molar-refractivity contribution in [2.24, 2.45) is 21.7 Å². The number of allylic oxidation sites excluding steroid dienone is 2. The Bertz CT molecular complexity index is 421. The van der Waals surface area contributed by atoms with E-state index in [1.165, 1.54) is 11.3 Å². The summed E-state index contributed by atoms with van der Waals surface area (Å²) in [7, 11) is 0. The van der Waals surface area contributed by atoms with Crippen LogP contribution in [0.2, 0.25) is 0 Å². The average molecular weight is 261 g/mol. The maximum absolute atomic E-state index is 5.07. The molecule has 19 heavy (non-hydrogen) atoms. The predicted octanol–water partition coefficient (Wildman–Crippen LogP) is 5.43. The second-order valence-corrected chi connectivity index (χ2v) is 7.21. The summed E-state index contributed by atoms with van der Waals surface area (Å²) in [5.41, 5.74) is 4.20. The monoisotopic (exact) mass is 261 g/mol. The van der Waals surface area contributed by atoms with Crippen LogP contribution in [0.1, 0.15) is 61.8 Å². The highest BCUT2D eigenvalue weighted by atomic mass is 14.9. The van der Waals surface area contributed by atoms with Crippen LogP contribution >= 0.6 is 0 Å². The molecule has 1 rings (SSSR count). The Morgan fingerprint density at radius 2 is 1.84 bits per heavy atom. The molecular weight excluding hydrogens is 230 g/mol. The Morgan fingerprint density at radius 3 is 2.21 bits per heavy atom. The van der Waals surface area contributed by atoms with Crippen LogP contribution in [0.4, 0.5) is 0 Å². The first-order valence-electron chi connectivity index (χ1n) is 7.47. The number of rotatable bonds is 4. The van der Waals surface area contributed by atoms with Gasteiger partial charge in [-0.25, -0.2) is 0 Å². The summed E-state index contributed by atoms with van der Waals surface area (Å²) in [6, 6.07) is 0.367. The fraction of sp³-hybridized carbons (Fsp3) is 0.722. The van der Waals surface area contributed by atoms with Crippen LogP contribution in [-0.4, -0.2) is 11.8 Å². The maximum atomic E-state index is 5.07. The van der Waals surface area contributed by atoms with E-state index in [1.54, 1.807) is 0 Å². The molecule has 0 amide bonds. The number of hydrogen-bond acceptors (Lipinski definition) is 1. The number of aliphatic imine (C=N–C) groups is 1. The van der Waals surface area contributed by atoms with Gasteiger partial charge >= 0.3 is 0 Å². The molecule has 0 N–H and O–H groups in total. The second kappa shape index (κ2) is 5.26. The molecule has 0 aliphatic carbocycles. The zero-order chi connectivity index (χ0) is 15.0. The van der Waals surface area contributed by atoms with Crippen molar-refractivity contribution in [2.75, 3.05) is 0 Å². The van der Waals surface area contributed by atoms with Gasteiger partial charge in [0.1, 0.15) is 0 Å². The molecule has 0 bridgehead atoms. The van der Waals surface area contributed by atoms with E-state index in [4.69, 9.17) is 4.99 Å². The molecular formula is C18H31N. The second-order valence-electron chi connectivity index (χ2n) is 7.21. The van der Waals surface area contributed by atoms with Gasteiger partial charge < -0.3 is 0 Å². The Labute approximate surface area is 119 Å². The van der Waals surface area contributed by atoms with Crippen molar-refractivity contribution in [3.8, 4) is 0 Å². The van der Waals surface area contributed by atoms with Gasteiger partial charge in [-0.15, -0.1) is 0 Å². The Morgan fingerprint density at radius 1 is 1.32 bits per heavy atom. The first-order valence-corrected chi connectivity index (χ1v) is 7.47. The Hall–Kier alpha value is -0.850. The van der Waals surface area contributed by atoms with Crippen LogP contribution in [0.15, 0.2) is 28.8 Å². The normalized spacial score (nSPS) is 27.1. The molecule has 1 heteroatoms. The molecule has 0 saturated heterocycles. The van der Waals surface area contributed by atoms with E-state index in [0.29, 0.717) is 12.0 Å². The number of nitrogens with zero attached hydrogens (tertiary/aromatic N) is 1. The minimum absolute atomic E-state index is 0.186. The van der Waals surface area contributed by atoms with E-state index in [-0.39, 0.29) is 10.8 Å². The largest absolute Gasteiger partial charge is 0.289 e. The van der Waals surface area contributed by atoms with Gasteiger partial charge in [-0.3, -0.25) is 4.99 Å². The van der Waals surface area contributed by atoms with Crippen LogP contribution in [0.3, 0.4) is 0 Å². The summed E-state index contributed by atoms with van der Waals surface area (Å²) >= 11 is 0. The highest BCUT2D eigenvalue weighted by Gasteiger charge is 2.51. The SMILES string of the molecule is C=C(C)C(C)=CC(C)C1N=C(CC)C(C)(C)C1(C)C. The van der Waals surface area contributed by atoms with Gasteiger partial charge in [-0.2, -0.15) is 0 Å². The van der Waals surface area contributed by atoms with Crippen LogP contribution in [0.25, 0.3) is 0 Å². The molecule has 2 atom stereocenters. The van der Waals surface area contributed by atoms with Crippen molar-refractivity contribution in [3.05, 3.63) is 23.8 Å². The highest BCUT2D eigenvalue weighted by Crippen LogP contribution is 2.51. The highest BCUT2D eigenvalue weighted by molar-refractivity contribution is 5.92. The van der Waals surface area contributed by atoms with Gasteiger partial charge in [0.2, 0.25) is 0 Å². The lowest BCUT2D eigenvalue weighted by Crippen LogP contribution is -2.41. The van der Waals surface area contributed by atoms with E-state index in [9.17, 15) is 0 Å². The molecule has 0 aromatic rings. The first-order chi connectivity index (χ1) is 8.55. The van der Waals surface area contributed by atoms with E-state index < -0.39 is 0 Å². The van der Waals surface area contributed by atoms with Gasteiger partial charge in [-0.05, 0) is 31.6 Å². The Balaban J connectivity index is 3.11. The standard InChI is InChI=1S/C18H31N/c1-10-15-17(6,7)18(8,9)16(19-15)14(5)11-13(4)12(2)3/h11,14,16H,2,10H2,1,3-9H3. The first kappa shape index (κ1) is 16.2. The van der Waals surface area contributed by atoms with Crippen LogP contribution in [0.5, 0.6) is 0 Å². The lowest BCUT2D eigenvalue weighted by atomic mass is 9.62. The smallest absolute Gasteiger partial charge is 0.0618 e. The third-order valence-corrected chi connectivity index (χ3v) is 5.39. The molecule has 0 aromatic heterocycles. The molecule has 108 valence electrons. The summed E-state index contributed by atoms with van der Waals surface area (Å²) < 4.78 is 0. The zero-order valence-corrected chi connectivity index (χ0v) is 14.1. The maximum Gasteiger partial charge on any atom is 0.0618 e. The van der Waals surface area contributed by atoms with Crippen molar-refractivity contribution >= 4 is 5.71 Å².